The van der Waals surface area contributed by atoms with Crippen LogP contribution in [-0.2, 0) is 23.5 Å². The zero-order valence-electron chi connectivity index (χ0n) is 24.0. The Bertz CT molecular complexity index is 1650. The number of halogens is 2. The molecule has 2 aromatic carbocycles. The minimum atomic E-state index is -1.28. The van der Waals surface area contributed by atoms with Gasteiger partial charge in [0, 0.05) is 30.3 Å². The molecular formula is C34H33ClFN3O4. The van der Waals surface area contributed by atoms with Gasteiger partial charge in [-0.05, 0) is 98.8 Å². The Kier molecular flexibility index (Phi) is 6.87. The van der Waals surface area contributed by atoms with Gasteiger partial charge in [-0.15, -0.1) is 0 Å². The van der Waals surface area contributed by atoms with Gasteiger partial charge in [-0.25, -0.2) is 4.39 Å². The Morgan fingerprint density at radius 1 is 1.21 bits per heavy atom. The van der Waals surface area contributed by atoms with Crippen LogP contribution in [0.15, 0.2) is 48.7 Å². The highest BCUT2D eigenvalue weighted by Gasteiger charge is 2.47. The summed E-state index contributed by atoms with van der Waals surface area (Å²) in [5.74, 6) is -1.28. The molecule has 7 nitrogen and oxygen atoms in total. The average molecular weight is 602 g/mol. The first-order valence-corrected chi connectivity index (χ1v) is 15.4. The average Bonchev–Trinajstić information content (AvgIpc) is 3.91. The van der Waals surface area contributed by atoms with E-state index in [2.05, 4.69) is 23.1 Å². The molecule has 1 aromatic heterocycles. The van der Waals surface area contributed by atoms with Gasteiger partial charge < -0.3 is 14.6 Å². The Labute approximate surface area is 255 Å². The second kappa shape index (κ2) is 10.5. The fourth-order valence-corrected chi connectivity index (χ4v) is 6.94. The lowest BCUT2D eigenvalue weighted by molar-refractivity contribution is -0.138. The molecule has 2 aliphatic heterocycles. The summed E-state index contributed by atoms with van der Waals surface area (Å²) in [6.07, 6.45) is 6.80. The summed E-state index contributed by atoms with van der Waals surface area (Å²) in [5.41, 5.74) is 4.10. The summed E-state index contributed by atoms with van der Waals surface area (Å²) in [6.45, 7) is 4.16. The largest absolute Gasteiger partial charge is 0.481 e. The van der Waals surface area contributed by atoms with Crippen LogP contribution in [0.25, 0.3) is 0 Å². The molecule has 1 saturated heterocycles. The molecule has 3 fully saturated rings. The second-order valence-electron chi connectivity index (χ2n) is 12.7. The number of hydrogen-bond acceptors (Lipinski definition) is 6. The van der Waals surface area contributed by atoms with Crippen LogP contribution in [0.5, 0.6) is 11.5 Å². The van der Waals surface area contributed by atoms with E-state index in [1.807, 2.05) is 18.3 Å². The van der Waals surface area contributed by atoms with Gasteiger partial charge in [-0.1, -0.05) is 29.8 Å². The fraction of sp³-hybridized carbons (Fsp3) is 0.441. The Morgan fingerprint density at radius 3 is 2.67 bits per heavy atom. The number of hydrogen-bond donors (Lipinski definition) is 1. The van der Waals surface area contributed by atoms with Crippen LogP contribution >= 0.6 is 11.6 Å². The van der Waals surface area contributed by atoms with Gasteiger partial charge in [0.1, 0.15) is 5.82 Å². The number of carbonyl (C=O) groups is 1. The zero-order chi connectivity index (χ0) is 29.9. The maximum absolute atomic E-state index is 14.8. The normalized spacial score (nSPS) is 25.7. The van der Waals surface area contributed by atoms with Crippen molar-refractivity contribution >= 4 is 17.6 Å². The SMILES string of the molecule is C[C@@]1(c2ccc(Cl)cc2F)Oc2cccc(C3CCN(Cc4ncc([C@@H]5CC5C(=O)O)cc4CC4(C#N)CC4)CC3)c2O1. The molecule has 4 aliphatic rings. The molecule has 0 radical (unpaired) electrons. The molecule has 0 amide bonds. The van der Waals surface area contributed by atoms with E-state index >= 15 is 0 Å². The number of aliphatic carboxylic acids is 1. The molecule has 2 aliphatic carbocycles. The number of pyridine rings is 1. The van der Waals surface area contributed by atoms with E-state index in [9.17, 15) is 19.6 Å². The van der Waals surface area contributed by atoms with Crippen molar-refractivity contribution in [3.05, 3.63) is 87.4 Å². The minimum absolute atomic E-state index is 0.0163. The summed E-state index contributed by atoms with van der Waals surface area (Å²) < 4.78 is 27.3. The molecule has 0 bridgehead atoms. The van der Waals surface area contributed by atoms with Gasteiger partial charge in [-0.2, -0.15) is 5.26 Å². The number of rotatable bonds is 8. The monoisotopic (exact) mass is 601 g/mol. The van der Waals surface area contributed by atoms with Crippen LogP contribution < -0.4 is 9.47 Å². The molecule has 1 N–H and O–H groups in total. The quantitative estimate of drug-likeness (QED) is 0.299. The third-order valence-electron chi connectivity index (χ3n) is 9.67. The molecule has 43 heavy (non-hydrogen) atoms. The van der Waals surface area contributed by atoms with Crippen molar-refractivity contribution < 1.29 is 23.8 Å². The maximum atomic E-state index is 14.8. The van der Waals surface area contributed by atoms with E-state index in [1.165, 1.54) is 6.07 Å². The first-order chi connectivity index (χ1) is 20.7. The van der Waals surface area contributed by atoms with Crippen molar-refractivity contribution in [3.63, 3.8) is 0 Å². The number of ether oxygens (including phenoxy) is 2. The third kappa shape index (κ3) is 5.34. The molecule has 3 atom stereocenters. The van der Waals surface area contributed by atoms with Crippen molar-refractivity contribution in [1.82, 2.24) is 9.88 Å². The molecule has 1 unspecified atom stereocenters. The number of carboxylic acids is 1. The van der Waals surface area contributed by atoms with Gasteiger partial charge in [0.2, 0.25) is 0 Å². The second-order valence-corrected chi connectivity index (χ2v) is 13.2. The van der Waals surface area contributed by atoms with Gasteiger partial charge >= 0.3 is 5.97 Å². The van der Waals surface area contributed by atoms with Crippen LogP contribution in [0.2, 0.25) is 5.02 Å². The Hall–Kier alpha value is -3.67. The van der Waals surface area contributed by atoms with E-state index in [-0.39, 0.29) is 23.2 Å². The van der Waals surface area contributed by atoms with Crippen LogP contribution in [-0.4, -0.2) is 34.0 Å². The number of fused-ring (bicyclic) bond motifs is 1. The number of piperidine rings is 1. The van der Waals surface area contributed by atoms with Crippen LogP contribution in [0.1, 0.15) is 78.8 Å². The summed E-state index contributed by atoms with van der Waals surface area (Å²) in [7, 11) is 0. The topological polar surface area (TPSA) is 95.7 Å². The number of nitrogens with zero attached hydrogens (tertiary/aromatic N) is 3. The predicted octanol–water partition coefficient (Wildman–Crippen LogP) is 6.93. The highest BCUT2D eigenvalue weighted by Crippen LogP contribution is 2.52. The van der Waals surface area contributed by atoms with E-state index in [0.717, 1.165) is 61.2 Å². The first-order valence-electron chi connectivity index (χ1n) is 15.0. The fourth-order valence-electron chi connectivity index (χ4n) is 6.79. The predicted molar refractivity (Wildman–Crippen MR) is 157 cm³/mol. The van der Waals surface area contributed by atoms with Crippen molar-refractivity contribution in [1.29, 1.82) is 5.26 Å². The lowest BCUT2D eigenvalue weighted by Gasteiger charge is -2.33. The Morgan fingerprint density at radius 2 is 2.00 bits per heavy atom. The lowest BCUT2D eigenvalue weighted by Crippen LogP contribution is -2.34. The summed E-state index contributed by atoms with van der Waals surface area (Å²) in [6, 6.07) is 15.0. The zero-order valence-corrected chi connectivity index (χ0v) is 24.7. The van der Waals surface area contributed by atoms with Gasteiger partial charge in [0.15, 0.2) is 11.5 Å². The third-order valence-corrected chi connectivity index (χ3v) is 9.90. The number of likely N-dealkylation sites (tertiary alicyclic amines) is 1. The summed E-state index contributed by atoms with van der Waals surface area (Å²) in [5, 5.41) is 19.5. The highest BCUT2D eigenvalue weighted by molar-refractivity contribution is 6.30. The lowest BCUT2D eigenvalue weighted by atomic mass is 9.88. The molecule has 2 saturated carbocycles. The number of para-hydroxylation sites is 1. The molecular weight excluding hydrogens is 569 g/mol. The molecule has 3 heterocycles. The van der Waals surface area contributed by atoms with Gasteiger partial charge in [0.05, 0.1) is 28.7 Å². The first kappa shape index (κ1) is 28.1. The minimum Gasteiger partial charge on any atom is -0.481 e. The summed E-state index contributed by atoms with van der Waals surface area (Å²) >= 11 is 5.97. The van der Waals surface area contributed by atoms with E-state index in [0.29, 0.717) is 41.5 Å². The number of nitriles is 1. The van der Waals surface area contributed by atoms with E-state index < -0.39 is 17.6 Å². The van der Waals surface area contributed by atoms with Crippen molar-refractivity contribution in [2.75, 3.05) is 13.1 Å². The molecule has 9 heteroatoms. The Balaban J connectivity index is 1.05. The van der Waals surface area contributed by atoms with Crippen molar-refractivity contribution in [3.8, 4) is 17.6 Å². The smallest absolute Gasteiger partial charge is 0.307 e. The van der Waals surface area contributed by atoms with Gasteiger partial charge in [0.25, 0.3) is 5.79 Å². The van der Waals surface area contributed by atoms with E-state index in [4.69, 9.17) is 26.1 Å². The number of aromatic nitrogens is 1. The number of benzene rings is 2. The van der Waals surface area contributed by atoms with Crippen LogP contribution in [0.3, 0.4) is 0 Å². The molecule has 0 spiro atoms. The molecule has 7 rings (SSSR count). The maximum Gasteiger partial charge on any atom is 0.307 e. The number of carboxylic acid groups (broad SMARTS) is 1. The van der Waals surface area contributed by atoms with Crippen LogP contribution in [0.4, 0.5) is 4.39 Å². The molecule has 222 valence electrons. The molecule has 3 aromatic rings. The van der Waals surface area contributed by atoms with Crippen molar-refractivity contribution in [2.45, 2.75) is 69.6 Å². The van der Waals surface area contributed by atoms with Crippen LogP contribution in [0, 0.1) is 28.5 Å². The van der Waals surface area contributed by atoms with Gasteiger partial charge in [-0.3, -0.25) is 14.7 Å². The summed E-state index contributed by atoms with van der Waals surface area (Å²) in [4.78, 5) is 18.7. The standard InChI is InChI=1S/C34H33ClFN3O4/c1-33(27-6-5-23(35)14-28(27)36)42-30-4-2-3-24(31(30)43-33)20-7-11-39(12-8-20)18-29-21(16-34(19-37)9-10-34)13-22(17-38-29)25-15-26(25)32(40)41/h2-6,13-14,17,20,25-26H,7-12,15-16,18H2,1H3,(H,40,41)/t25-,26?,33+/m0/s1. The van der Waals surface area contributed by atoms with E-state index in [1.54, 1.807) is 19.1 Å². The van der Waals surface area contributed by atoms with Crippen molar-refractivity contribution in [2.24, 2.45) is 11.3 Å². The highest BCUT2D eigenvalue weighted by atomic mass is 35.5.